The van der Waals surface area contributed by atoms with E-state index in [-0.39, 0.29) is 22.2 Å². The molecule has 30 heavy (non-hydrogen) atoms. The van der Waals surface area contributed by atoms with Gasteiger partial charge in [0.1, 0.15) is 22.8 Å². The number of thiazole rings is 1. The van der Waals surface area contributed by atoms with Crippen LogP contribution in [0.5, 0.6) is 0 Å². The molecule has 0 bridgehead atoms. The Balaban J connectivity index is 1.82. The Labute approximate surface area is 178 Å². The summed E-state index contributed by atoms with van der Waals surface area (Å²) in [6.07, 6.45) is 3.34. The second-order valence-corrected chi connectivity index (χ2v) is 8.13. The van der Waals surface area contributed by atoms with Crippen LogP contribution in [0.25, 0.3) is 0 Å². The van der Waals surface area contributed by atoms with Gasteiger partial charge in [-0.3, -0.25) is 14.5 Å². The van der Waals surface area contributed by atoms with Gasteiger partial charge in [-0.15, -0.1) is 23.1 Å². The first kappa shape index (κ1) is 21.5. The lowest BCUT2D eigenvalue weighted by Crippen LogP contribution is -2.71. The van der Waals surface area contributed by atoms with E-state index in [2.05, 4.69) is 20.3 Å². The number of carboxylic acids is 1. The van der Waals surface area contributed by atoms with E-state index in [0.717, 1.165) is 23.2 Å². The van der Waals surface area contributed by atoms with Gasteiger partial charge >= 0.3 is 11.9 Å². The number of hydrogen-bond donors (Lipinski definition) is 3. The van der Waals surface area contributed by atoms with Gasteiger partial charge in [-0.2, -0.15) is 0 Å². The second-order valence-electron chi connectivity index (χ2n) is 6.13. The first-order valence-corrected chi connectivity index (χ1v) is 10.5. The average Bonchev–Trinajstić information content (AvgIpc) is 3.11. The normalized spacial score (nSPS) is 21.3. The largest absolute Gasteiger partial charge is 0.477 e. The summed E-state index contributed by atoms with van der Waals surface area (Å²) in [5.74, 6) is -2.97. The third-order valence-corrected chi connectivity index (χ3v) is 6.08. The Morgan fingerprint density at radius 3 is 2.77 bits per heavy atom. The maximum Gasteiger partial charge on any atom is 0.352 e. The SMILES string of the molecule is C/C=C\C1=C(C(=O)O)N2C(=O)[C@@H](NC(=O)/C(=N\OC(C)=O)c3csc(N)n3)[C@@H]2SC1. The number of hydrogen-bond acceptors (Lipinski definition) is 10. The summed E-state index contributed by atoms with van der Waals surface area (Å²) < 4.78 is 0. The summed E-state index contributed by atoms with van der Waals surface area (Å²) in [4.78, 5) is 57.8. The molecule has 2 atom stereocenters. The highest BCUT2D eigenvalue weighted by Crippen LogP contribution is 2.40. The van der Waals surface area contributed by atoms with Crippen molar-refractivity contribution in [2.24, 2.45) is 5.16 Å². The van der Waals surface area contributed by atoms with E-state index < -0.39 is 35.2 Å². The zero-order chi connectivity index (χ0) is 22.0. The molecule has 2 amide bonds. The van der Waals surface area contributed by atoms with Gasteiger partial charge in [0.25, 0.3) is 11.8 Å². The predicted octanol–water partition coefficient (Wildman–Crippen LogP) is 0.307. The van der Waals surface area contributed by atoms with Crippen LogP contribution in [0.2, 0.25) is 0 Å². The van der Waals surface area contributed by atoms with Crippen molar-refractivity contribution in [3.05, 3.63) is 34.5 Å². The highest BCUT2D eigenvalue weighted by atomic mass is 32.2. The fourth-order valence-electron chi connectivity index (χ4n) is 2.89. The van der Waals surface area contributed by atoms with E-state index in [1.807, 2.05) is 0 Å². The summed E-state index contributed by atoms with van der Waals surface area (Å²) in [5, 5.41) is 16.6. The number of aromatic nitrogens is 1. The molecule has 1 fully saturated rings. The molecule has 11 nitrogen and oxygen atoms in total. The summed E-state index contributed by atoms with van der Waals surface area (Å²) in [5.41, 5.74) is 5.75. The van der Waals surface area contributed by atoms with Gasteiger partial charge in [-0.05, 0) is 12.5 Å². The number of β-lactam (4-membered cyclic amide) rings is 1. The lowest BCUT2D eigenvalue weighted by molar-refractivity contribution is -0.150. The smallest absolute Gasteiger partial charge is 0.352 e. The van der Waals surface area contributed by atoms with E-state index in [0.29, 0.717) is 11.3 Å². The second kappa shape index (κ2) is 8.67. The Kier molecular flexibility index (Phi) is 6.22. The predicted molar refractivity (Wildman–Crippen MR) is 109 cm³/mol. The molecule has 4 N–H and O–H groups in total. The van der Waals surface area contributed by atoms with Crippen LogP contribution in [0.15, 0.2) is 34.0 Å². The van der Waals surface area contributed by atoms with Crippen LogP contribution in [0.4, 0.5) is 5.13 Å². The number of anilines is 1. The summed E-state index contributed by atoms with van der Waals surface area (Å²) in [7, 11) is 0. The van der Waals surface area contributed by atoms with Gasteiger partial charge in [0.05, 0.1) is 0 Å². The number of aliphatic carboxylic acids is 1. The third kappa shape index (κ3) is 4.07. The Morgan fingerprint density at radius 2 is 2.20 bits per heavy atom. The van der Waals surface area contributed by atoms with Gasteiger partial charge in [0.15, 0.2) is 10.8 Å². The molecule has 1 aromatic heterocycles. The average molecular weight is 451 g/mol. The lowest BCUT2D eigenvalue weighted by atomic mass is 10.0. The van der Waals surface area contributed by atoms with Crippen molar-refractivity contribution in [2.45, 2.75) is 25.3 Å². The fraction of sp³-hybridized carbons (Fsp3) is 0.294. The molecule has 0 aliphatic carbocycles. The van der Waals surface area contributed by atoms with Crippen molar-refractivity contribution >= 4 is 57.7 Å². The van der Waals surface area contributed by atoms with Crippen LogP contribution in [-0.4, -0.2) is 61.6 Å². The minimum atomic E-state index is -1.22. The van der Waals surface area contributed by atoms with Crippen molar-refractivity contribution in [1.29, 1.82) is 0 Å². The van der Waals surface area contributed by atoms with Gasteiger partial charge in [-0.25, -0.2) is 14.6 Å². The number of nitrogens with two attached hydrogens (primary N) is 1. The quantitative estimate of drug-likeness (QED) is 0.239. The molecule has 0 saturated carbocycles. The number of nitrogens with one attached hydrogen (secondary N) is 1. The molecule has 0 unspecified atom stereocenters. The van der Waals surface area contributed by atoms with Crippen molar-refractivity contribution < 1.29 is 29.1 Å². The van der Waals surface area contributed by atoms with E-state index in [1.165, 1.54) is 17.1 Å². The molecule has 13 heteroatoms. The third-order valence-electron chi connectivity index (χ3n) is 4.10. The van der Waals surface area contributed by atoms with Crippen molar-refractivity contribution in [2.75, 3.05) is 11.5 Å². The minimum absolute atomic E-state index is 0.0812. The van der Waals surface area contributed by atoms with Crippen LogP contribution in [-0.2, 0) is 24.0 Å². The molecule has 2 aliphatic rings. The first-order chi connectivity index (χ1) is 14.2. The van der Waals surface area contributed by atoms with Crippen LogP contribution in [0, 0.1) is 0 Å². The highest BCUT2D eigenvalue weighted by molar-refractivity contribution is 8.00. The summed E-state index contributed by atoms with van der Waals surface area (Å²) in [6, 6.07) is -0.970. The van der Waals surface area contributed by atoms with Crippen LogP contribution in [0.1, 0.15) is 19.5 Å². The molecule has 158 valence electrons. The number of amides is 2. The molecule has 0 radical (unpaired) electrons. The van der Waals surface area contributed by atoms with Crippen LogP contribution in [0.3, 0.4) is 0 Å². The minimum Gasteiger partial charge on any atom is -0.477 e. The topological polar surface area (TPSA) is 164 Å². The number of carbonyl (C=O) groups is 4. The molecule has 3 rings (SSSR count). The molecule has 2 aliphatic heterocycles. The van der Waals surface area contributed by atoms with Gasteiger partial charge in [0, 0.05) is 18.1 Å². The lowest BCUT2D eigenvalue weighted by Gasteiger charge is -2.49. The number of thioether (sulfide) groups is 1. The Morgan fingerprint density at radius 1 is 1.47 bits per heavy atom. The van der Waals surface area contributed by atoms with E-state index in [1.54, 1.807) is 19.1 Å². The summed E-state index contributed by atoms with van der Waals surface area (Å²) in [6.45, 7) is 2.86. The van der Waals surface area contributed by atoms with Gasteiger partial charge in [0.2, 0.25) is 0 Å². The number of carboxylic acid groups (broad SMARTS) is 1. The Bertz CT molecular complexity index is 1010. The maximum absolute atomic E-state index is 12.7. The van der Waals surface area contributed by atoms with Gasteiger partial charge in [-0.1, -0.05) is 17.3 Å². The number of nitrogens with zero attached hydrogens (tertiary/aromatic N) is 3. The molecular formula is C17H17N5O6S2. The monoisotopic (exact) mass is 451 g/mol. The number of carbonyl (C=O) groups excluding carboxylic acids is 3. The maximum atomic E-state index is 12.7. The first-order valence-electron chi connectivity index (χ1n) is 8.56. The Hall–Kier alpha value is -3.19. The van der Waals surface area contributed by atoms with Crippen molar-refractivity contribution in [3.8, 4) is 0 Å². The fourth-order valence-corrected chi connectivity index (χ4v) is 4.76. The number of allylic oxidation sites excluding steroid dienone is 2. The standard InChI is InChI=1S/C17H17N5O6S2/c1-3-4-8-5-29-15-11(14(25)22(15)12(8)16(26)27)20-13(24)10(21-28-7(2)23)9-6-30-17(18)19-9/h3-4,6,11,15H,5H2,1-2H3,(H2,18,19)(H,20,24)(H,26,27)/b4-3-,21-10-/t11-,15+/m1/s1. The van der Waals surface area contributed by atoms with E-state index in [9.17, 15) is 24.3 Å². The number of rotatable bonds is 6. The van der Waals surface area contributed by atoms with E-state index in [4.69, 9.17) is 5.73 Å². The zero-order valence-electron chi connectivity index (χ0n) is 15.8. The van der Waals surface area contributed by atoms with Crippen LogP contribution < -0.4 is 11.1 Å². The number of oxime groups is 1. The molecular weight excluding hydrogens is 434 g/mol. The molecule has 0 aromatic carbocycles. The highest BCUT2D eigenvalue weighted by Gasteiger charge is 2.54. The number of nitrogen functional groups attached to an aromatic ring is 1. The van der Waals surface area contributed by atoms with Gasteiger partial charge < -0.3 is 21.0 Å². The molecule has 0 spiro atoms. The number of fused-ring (bicyclic) bond motifs is 1. The molecule has 1 saturated heterocycles. The van der Waals surface area contributed by atoms with Crippen molar-refractivity contribution in [3.63, 3.8) is 0 Å². The molecule has 1 aromatic rings. The van der Waals surface area contributed by atoms with Crippen molar-refractivity contribution in [1.82, 2.24) is 15.2 Å². The summed E-state index contributed by atoms with van der Waals surface area (Å²) >= 11 is 2.38. The zero-order valence-corrected chi connectivity index (χ0v) is 17.5. The van der Waals surface area contributed by atoms with Crippen LogP contribution >= 0.6 is 23.1 Å². The van der Waals surface area contributed by atoms with E-state index >= 15 is 0 Å². The molecule has 3 heterocycles.